The Hall–Kier alpha value is -3.41. The molecule has 1 amide bonds. The van der Waals surface area contributed by atoms with E-state index in [1.54, 1.807) is 30.3 Å². The Bertz CT molecular complexity index is 940. The molecule has 6 heteroatoms. The number of anilines is 1. The Labute approximate surface area is 156 Å². The Morgan fingerprint density at radius 1 is 1.04 bits per heavy atom. The maximum absolute atomic E-state index is 12.2. The average molecular weight is 364 g/mol. The van der Waals surface area contributed by atoms with Gasteiger partial charge in [0.2, 0.25) is 5.91 Å². The second-order valence-electron chi connectivity index (χ2n) is 6.15. The predicted octanol–water partition coefficient (Wildman–Crippen LogP) is 3.95. The summed E-state index contributed by atoms with van der Waals surface area (Å²) in [5.41, 5.74) is 2.17. The second-order valence-corrected chi connectivity index (χ2v) is 6.15. The van der Waals surface area contributed by atoms with Gasteiger partial charge in [0.25, 0.3) is 0 Å². The lowest BCUT2D eigenvalue weighted by atomic mass is 10.1. The van der Waals surface area contributed by atoms with Crippen molar-refractivity contribution >= 4 is 34.3 Å². The van der Waals surface area contributed by atoms with Crippen LogP contribution in [0.4, 0.5) is 5.69 Å². The number of ketones is 1. The summed E-state index contributed by atoms with van der Waals surface area (Å²) in [6, 6.07) is 15.7. The van der Waals surface area contributed by atoms with Crippen LogP contribution < -0.4 is 5.32 Å². The van der Waals surface area contributed by atoms with Gasteiger partial charge in [0, 0.05) is 28.6 Å². The number of hydrogen-bond acceptors (Lipinski definition) is 4. The van der Waals surface area contributed by atoms with Gasteiger partial charge in [0.1, 0.15) is 5.69 Å². The molecule has 0 spiro atoms. The van der Waals surface area contributed by atoms with E-state index in [0.717, 1.165) is 17.3 Å². The summed E-state index contributed by atoms with van der Waals surface area (Å²) in [6.07, 6.45) is 1.22. The monoisotopic (exact) mass is 364 g/mol. The SMILES string of the molecule is CCCC(=O)Nc1ccc(C(=O)COC(=O)c2cc3ccccc3[nH]2)cc1. The third-order valence-electron chi connectivity index (χ3n) is 4.05. The summed E-state index contributed by atoms with van der Waals surface area (Å²) in [6.45, 7) is 1.58. The zero-order valence-corrected chi connectivity index (χ0v) is 15.0. The number of aromatic amines is 1. The number of carbonyl (C=O) groups excluding carboxylic acids is 3. The Kier molecular flexibility index (Phi) is 5.66. The van der Waals surface area contributed by atoms with Crippen LogP contribution in [0.15, 0.2) is 54.6 Å². The molecule has 3 aromatic rings. The molecule has 6 nitrogen and oxygen atoms in total. The molecule has 0 saturated carbocycles. The molecule has 2 aromatic carbocycles. The predicted molar refractivity (Wildman–Crippen MR) is 103 cm³/mol. The molecule has 0 bridgehead atoms. The lowest BCUT2D eigenvalue weighted by Gasteiger charge is -2.06. The van der Waals surface area contributed by atoms with Gasteiger partial charge in [-0.2, -0.15) is 0 Å². The third kappa shape index (κ3) is 4.61. The fourth-order valence-electron chi connectivity index (χ4n) is 2.67. The highest BCUT2D eigenvalue weighted by molar-refractivity contribution is 6.00. The van der Waals surface area contributed by atoms with Crippen molar-refractivity contribution in [3.05, 3.63) is 65.9 Å². The molecule has 0 aliphatic carbocycles. The zero-order chi connectivity index (χ0) is 19.2. The maximum atomic E-state index is 12.2. The first-order valence-electron chi connectivity index (χ1n) is 8.75. The minimum atomic E-state index is -0.581. The number of hydrogen-bond donors (Lipinski definition) is 2. The van der Waals surface area contributed by atoms with Crippen molar-refractivity contribution in [3.8, 4) is 0 Å². The molecule has 3 rings (SSSR count). The van der Waals surface area contributed by atoms with Gasteiger partial charge in [0.15, 0.2) is 12.4 Å². The van der Waals surface area contributed by atoms with Gasteiger partial charge >= 0.3 is 5.97 Å². The van der Waals surface area contributed by atoms with E-state index in [1.807, 2.05) is 31.2 Å². The Balaban J connectivity index is 1.56. The highest BCUT2D eigenvalue weighted by Crippen LogP contribution is 2.16. The number of H-pyrrole nitrogens is 1. The molecule has 0 fully saturated rings. The van der Waals surface area contributed by atoms with Crippen LogP contribution in [0, 0.1) is 0 Å². The van der Waals surface area contributed by atoms with Gasteiger partial charge in [-0.3, -0.25) is 9.59 Å². The van der Waals surface area contributed by atoms with Crippen LogP contribution in [0.5, 0.6) is 0 Å². The number of benzene rings is 2. The minimum Gasteiger partial charge on any atom is -0.453 e. The van der Waals surface area contributed by atoms with Crippen molar-refractivity contribution in [2.75, 3.05) is 11.9 Å². The van der Waals surface area contributed by atoms with E-state index in [1.165, 1.54) is 0 Å². The summed E-state index contributed by atoms with van der Waals surface area (Å²) in [4.78, 5) is 38.9. The maximum Gasteiger partial charge on any atom is 0.355 e. The van der Waals surface area contributed by atoms with E-state index in [-0.39, 0.29) is 18.3 Å². The number of rotatable bonds is 7. The molecule has 27 heavy (non-hydrogen) atoms. The summed E-state index contributed by atoms with van der Waals surface area (Å²) in [5.74, 6) is -0.960. The normalized spacial score (nSPS) is 10.6. The third-order valence-corrected chi connectivity index (χ3v) is 4.05. The van der Waals surface area contributed by atoms with Crippen LogP contribution >= 0.6 is 0 Å². The van der Waals surface area contributed by atoms with Crippen molar-refractivity contribution < 1.29 is 19.1 Å². The van der Waals surface area contributed by atoms with Gasteiger partial charge < -0.3 is 15.0 Å². The molecule has 0 aliphatic rings. The summed E-state index contributed by atoms with van der Waals surface area (Å²) in [5, 5.41) is 3.65. The first-order chi connectivity index (χ1) is 13.1. The number of aromatic nitrogens is 1. The topological polar surface area (TPSA) is 88.3 Å². The average Bonchev–Trinajstić information content (AvgIpc) is 3.11. The molecular formula is C21H20N2O4. The lowest BCUT2D eigenvalue weighted by molar-refractivity contribution is -0.116. The number of amides is 1. The number of carbonyl (C=O) groups is 3. The molecule has 2 N–H and O–H groups in total. The van der Waals surface area contributed by atoms with Crippen LogP contribution in [-0.2, 0) is 9.53 Å². The van der Waals surface area contributed by atoms with E-state index >= 15 is 0 Å². The fourth-order valence-corrected chi connectivity index (χ4v) is 2.67. The Morgan fingerprint density at radius 2 is 1.78 bits per heavy atom. The summed E-state index contributed by atoms with van der Waals surface area (Å²) >= 11 is 0. The summed E-state index contributed by atoms with van der Waals surface area (Å²) < 4.78 is 5.11. The van der Waals surface area contributed by atoms with Crippen molar-refractivity contribution in [2.45, 2.75) is 19.8 Å². The van der Waals surface area contributed by atoms with Crippen molar-refractivity contribution in [1.82, 2.24) is 4.98 Å². The molecule has 138 valence electrons. The van der Waals surface area contributed by atoms with Crippen molar-refractivity contribution in [1.29, 1.82) is 0 Å². The number of ether oxygens (including phenoxy) is 1. The van der Waals surface area contributed by atoms with E-state index in [9.17, 15) is 14.4 Å². The smallest absolute Gasteiger partial charge is 0.355 e. The van der Waals surface area contributed by atoms with Crippen molar-refractivity contribution in [2.24, 2.45) is 0 Å². The molecular weight excluding hydrogens is 344 g/mol. The number of nitrogens with one attached hydrogen (secondary N) is 2. The Morgan fingerprint density at radius 3 is 2.48 bits per heavy atom. The van der Waals surface area contributed by atoms with Crippen LogP contribution in [0.2, 0.25) is 0 Å². The van der Waals surface area contributed by atoms with Gasteiger partial charge in [0.05, 0.1) is 0 Å². The van der Waals surface area contributed by atoms with Crippen LogP contribution in [0.25, 0.3) is 10.9 Å². The molecule has 0 radical (unpaired) electrons. The quantitative estimate of drug-likeness (QED) is 0.491. The zero-order valence-electron chi connectivity index (χ0n) is 15.0. The van der Waals surface area contributed by atoms with Crippen LogP contribution in [-0.4, -0.2) is 29.3 Å². The molecule has 1 aromatic heterocycles. The highest BCUT2D eigenvalue weighted by atomic mass is 16.5. The van der Waals surface area contributed by atoms with Crippen LogP contribution in [0.3, 0.4) is 0 Å². The molecule has 0 unspecified atom stereocenters. The van der Waals surface area contributed by atoms with Gasteiger partial charge in [-0.1, -0.05) is 25.1 Å². The largest absolute Gasteiger partial charge is 0.453 e. The van der Waals surface area contributed by atoms with Crippen LogP contribution in [0.1, 0.15) is 40.6 Å². The lowest BCUT2D eigenvalue weighted by Crippen LogP contribution is -2.15. The molecule has 0 atom stereocenters. The van der Waals surface area contributed by atoms with Gasteiger partial charge in [-0.25, -0.2) is 4.79 Å². The number of Topliss-reactive ketones (excluding diaryl/α,β-unsaturated/α-hetero) is 1. The molecule has 0 aliphatic heterocycles. The number of fused-ring (bicyclic) bond motifs is 1. The number of esters is 1. The van der Waals surface area contributed by atoms with E-state index in [2.05, 4.69) is 10.3 Å². The fraction of sp³-hybridized carbons (Fsp3) is 0.190. The number of para-hydroxylation sites is 1. The first-order valence-corrected chi connectivity index (χ1v) is 8.75. The standard InChI is InChI=1S/C21H20N2O4/c1-2-5-20(25)22-16-10-8-14(9-11-16)19(24)13-27-21(26)18-12-15-6-3-4-7-17(15)23-18/h3-4,6-12,23H,2,5,13H2,1H3,(H,22,25). The van der Waals surface area contributed by atoms with E-state index < -0.39 is 5.97 Å². The van der Waals surface area contributed by atoms with Gasteiger partial charge in [-0.15, -0.1) is 0 Å². The molecule has 0 saturated heterocycles. The minimum absolute atomic E-state index is 0.0659. The van der Waals surface area contributed by atoms with Gasteiger partial charge in [-0.05, 0) is 42.8 Å². The second kappa shape index (κ2) is 8.31. The highest BCUT2D eigenvalue weighted by Gasteiger charge is 2.14. The summed E-state index contributed by atoms with van der Waals surface area (Å²) in [7, 11) is 0. The first kappa shape index (κ1) is 18.4. The molecule has 1 heterocycles. The van der Waals surface area contributed by atoms with E-state index in [0.29, 0.717) is 23.4 Å². The van der Waals surface area contributed by atoms with Crippen molar-refractivity contribution in [3.63, 3.8) is 0 Å². The van der Waals surface area contributed by atoms with E-state index in [4.69, 9.17) is 4.74 Å².